The zero-order chi connectivity index (χ0) is 40.2. The Balaban J connectivity index is 0.000000156. The van der Waals surface area contributed by atoms with E-state index >= 15 is 0 Å². The topological polar surface area (TPSA) is 141 Å². The number of piperidine rings is 2. The molecule has 8 rings (SSSR count). The lowest BCUT2D eigenvalue weighted by Gasteiger charge is -2.29. The van der Waals surface area contributed by atoms with Gasteiger partial charge in [0.1, 0.15) is 6.04 Å². The number of aromatic nitrogens is 2. The van der Waals surface area contributed by atoms with Gasteiger partial charge in [0.25, 0.3) is 0 Å². The molecule has 4 saturated heterocycles. The number of aryl methyl sites for hydroxylation is 1. The number of nitrogens with one attached hydrogen (secondary N) is 1. The Kier molecular flexibility index (Phi) is 12.5. The second-order valence-electron chi connectivity index (χ2n) is 17.8. The molecule has 3 unspecified atom stereocenters. The number of benzene rings is 2. The maximum atomic E-state index is 12.8. The van der Waals surface area contributed by atoms with E-state index in [0.29, 0.717) is 31.2 Å². The molecule has 56 heavy (non-hydrogen) atoms. The van der Waals surface area contributed by atoms with Crippen LogP contribution in [0, 0.1) is 28.6 Å². The fraction of sp³-hybridized carbons (Fsp3) is 0.591. The zero-order valence-corrected chi connectivity index (χ0v) is 33.8. The van der Waals surface area contributed by atoms with Crippen LogP contribution in [0.5, 0.6) is 0 Å². The van der Waals surface area contributed by atoms with Gasteiger partial charge >= 0.3 is 5.69 Å². The van der Waals surface area contributed by atoms with Gasteiger partial charge in [0.2, 0.25) is 24.1 Å². The van der Waals surface area contributed by atoms with E-state index in [4.69, 9.17) is 0 Å². The molecule has 3 atom stereocenters. The second kappa shape index (κ2) is 17.2. The summed E-state index contributed by atoms with van der Waals surface area (Å²) in [5.74, 6) is 0.470. The fourth-order valence-corrected chi connectivity index (χ4v) is 9.03. The molecule has 0 bridgehead atoms. The Bertz CT molecular complexity index is 1990. The smallest absolute Gasteiger partial charge is 0.329 e. The van der Waals surface area contributed by atoms with Gasteiger partial charge in [-0.15, -0.1) is 0 Å². The Morgan fingerprint density at radius 1 is 0.946 bits per heavy atom. The number of nitrogens with zero attached hydrogens (tertiary/aromatic N) is 6. The van der Waals surface area contributed by atoms with Gasteiger partial charge in [-0.1, -0.05) is 57.2 Å². The highest BCUT2D eigenvalue weighted by atomic mass is 16.2. The second-order valence-corrected chi connectivity index (χ2v) is 17.8. The van der Waals surface area contributed by atoms with E-state index in [9.17, 15) is 29.2 Å². The van der Waals surface area contributed by atoms with Crippen LogP contribution in [0.4, 0.5) is 0 Å². The molecule has 0 radical (unpaired) electrons. The summed E-state index contributed by atoms with van der Waals surface area (Å²) in [5, 5.41) is 11.7. The van der Waals surface area contributed by atoms with E-state index in [1.54, 1.807) is 11.6 Å². The lowest BCUT2D eigenvalue weighted by Crippen LogP contribution is -2.44. The van der Waals surface area contributed by atoms with E-state index < -0.39 is 11.9 Å². The van der Waals surface area contributed by atoms with E-state index in [1.165, 1.54) is 41.4 Å². The van der Waals surface area contributed by atoms with Crippen LogP contribution < -0.4 is 11.0 Å². The predicted octanol–water partition coefficient (Wildman–Crippen LogP) is 5.16. The van der Waals surface area contributed by atoms with Crippen molar-refractivity contribution in [3.63, 3.8) is 0 Å². The van der Waals surface area contributed by atoms with E-state index in [1.807, 2.05) is 34.1 Å². The number of rotatable bonds is 6. The van der Waals surface area contributed by atoms with Crippen LogP contribution in [0.3, 0.4) is 0 Å². The van der Waals surface area contributed by atoms with Crippen molar-refractivity contribution in [3.8, 4) is 6.07 Å². The number of likely N-dealkylation sites (tertiary alicyclic amines) is 3. The summed E-state index contributed by atoms with van der Waals surface area (Å²) < 4.78 is 3.15. The quantitative estimate of drug-likeness (QED) is 0.270. The molecule has 1 aromatic heterocycles. The molecule has 12 nitrogen and oxygen atoms in total. The molecule has 4 amide bonds. The summed E-state index contributed by atoms with van der Waals surface area (Å²) in [5.41, 5.74) is 3.79. The van der Waals surface area contributed by atoms with Crippen molar-refractivity contribution >= 4 is 35.2 Å². The summed E-state index contributed by atoms with van der Waals surface area (Å²) in [6, 6.07) is 18.0. The average Bonchev–Trinajstić information content (AvgIpc) is 3.51. The third-order valence-electron chi connectivity index (χ3n) is 12.4. The number of nitriles is 1. The van der Waals surface area contributed by atoms with Crippen LogP contribution in [-0.4, -0.2) is 93.3 Å². The molecule has 5 fully saturated rings. The number of imide groups is 1. The van der Waals surface area contributed by atoms with Gasteiger partial charge < -0.3 is 14.7 Å². The van der Waals surface area contributed by atoms with Crippen molar-refractivity contribution in [2.45, 2.75) is 102 Å². The predicted molar refractivity (Wildman–Crippen MR) is 215 cm³/mol. The Morgan fingerprint density at radius 2 is 1.62 bits per heavy atom. The van der Waals surface area contributed by atoms with Crippen LogP contribution in [-0.2, 0) is 32.6 Å². The van der Waals surface area contributed by atoms with Gasteiger partial charge in [0, 0.05) is 45.4 Å². The molecule has 1 aliphatic carbocycles. The van der Waals surface area contributed by atoms with Gasteiger partial charge in [-0.25, -0.2) is 4.79 Å². The van der Waals surface area contributed by atoms with E-state index in [2.05, 4.69) is 68.4 Å². The minimum atomic E-state index is -0.626. The Labute approximate surface area is 330 Å². The third kappa shape index (κ3) is 9.10. The fourth-order valence-electron chi connectivity index (χ4n) is 9.03. The molecule has 5 aliphatic rings. The van der Waals surface area contributed by atoms with Crippen LogP contribution in [0.2, 0.25) is 0 Å². The highest BCUT2D eigenvalue weighted by Crippen LogP contribution is 2.56. The van der Waals surface area contributed by atoms with Gasteiger partial charge in [-0.3, -0.25) is 33.6 Å². The molecule has 2 aromatic carbocycles. The number of imidazole rings is 1. The summed E-state index contributed by atoms with van der Waals surface area (Å²) in [6.45, 7) is 11.3. The van der Waals surface area contributed by atoms with Crippen molar-refractivity contribution in [1.82, 2.24) is 29.2 Å². The van der Waals surface area contributed by atoms with Crippen LogP contribution in [0.25, 0.3) is 11.0 Å². The van der Waals surface area contributed by atoms with Crippen molar-refractivity contribution in [2.24, 2.45) is 24.3 Å². The SMILES string of the molecule is CC(C)(C)CC(=O)N1CCCC1.CN1CCC(Cc2ccc3c(c2)n(C)c(=O)n3C2CCC(=O)NC2=O)CC1.N#CC1C(c2ccccc2)CN(C=O)C12CC2. The lowest BCUT2D eigenvalue weighted by molar-refractivity contribution is -0.136. The number of hydrogen-bond donors (Lipinski definition) is 1. The normalized spacial score (nSPS) is 23.5. The number of fused-ring (bicyclic) bond motifs is 1. The summed E-state index contributed by atoms with van der Waals surface area (Å²) in [4.78, 5) is 65.4. The van der Waals surface area contributed by atoms with Gasteiger partial charge in [0.15, 0.2) is 0 Å². The molecule has 12 heteroatoms. The lowest BCUT2D eigenvalue weighted by atomic mass is 9.85. The largest absolute Gasteiger partial charge is 0.343 e. The third-order valence-corrected chi connectivity index (χ3v) is 12.4. The monoisotopic (exact) mass is 765 g/mol. The average molecular weight is 766 g/mol. The maximum absolute atomic E-state index is 12.8. The maximum Gasteiger partial charge on any atom is 0.329 e. The first-order valence-corrected chi connectivity index (χ1v) is 20.4. The minimum absolute atomic E-state index is 0.0462. The van der Waals surface area contributed by atoms with Gasteiger partial charge in [0.05, 0.1) is 28.6 Å². The molecule has 1 N–H and O–H groups in total. The molecule has 1 saturated carbocycles. The van der Waals surface area contributed by atoms with Gasteiger partial charge in [-0.2, -0.15) is 5.26 Å². The van der Waals surface area contributed by atoms with Crippen molar-refractivity contribution in [2.75, 3.05) is 39.8 Å². The van der Waals surface area contributed by atoms with E-state index in [0.717, 1.165) is 62.9 Å². The first-order valence-electron chi connectivity index (χ1n) is 20.4. The first kappa shape index (κ1) is 40.9. The van der Waals surface area contributed by atoms with Crippen molar-refractivity contribution in [3.05, 3.63) is 70.1 Å². The molecule has 1 spiro atoms. The standard InChI is InChI=1S/C20H26N4O3.C14H14N2O.C10H19NO/c1-22-9-7-13(8-10-22)11-14-3-4-15-17(12-14)23(2)20(27)24(15)16-5-6-18(25)21-19(16)26;15-8-13-12(11-4-2-1-3-5-11)9-16(10-17)14(13)6-7-14;1-10(2,3)8-9(12)11-6-4-5-7-11/h3-4,12-13,16H,5-11H2,1-2H3,(H,21,25,26);1-5,10,12-13H,6-7,9H2;4-8H2,1-3H3. The molecule has 4 aliphatic heterocycles. The number of hydrogen-bond acceptors (Lipinski definition) is 7. The molecular formula is C44H59N7O5. The van der Waals surface area contributed by atoms with Crippen molar-refractivity contribution in [1.29, 1.82) is 5.26 Å². The molecule has 5 heterocycles. The molecular weight excluding hydrogens is 707 g/mol. The van der Waals surface area contributed by atoms with Gasteiger partial charge in [-0.05, 0) is 106 Å². The summed E-state index contributed by atoms with van der Waals surface area (Å²) in [7, 11) is 3.90. The highest BCUT2D eigenvalue weighted by Gasteiger charge is 2.61. The first-order chi connectivity index (χ1) is 26.7. The minimum Gasteiger partial charge on any atom is -0.343 e. The molecule has 300 valence electrons. The van der Waals surface area contributed by atoms with Crippen LogP contribution in [0.15, 0.2) is 53.3 Å². The highest BCUT2D eigenvalue weighted by molar-refractivity contribution is 6.00. The van der Waals surface area contributed by atoms with Crippen molar-refractivity contribution < 1.29 is 19.2 Å². The van der Waals surface area contributed by atoms with Crippen LogP contribution >= 0.6 is 0 Å². The number of carbonyl (C=O) groups excluding carboxylic acids is 4. The van der Waals surface area contributed by atoms with E-state index in [-0.39, 0.29) is 40.8 Å². The Morgan fingerprint density at radius 3 is 2.21 bits per heavy atom. The van der Waals surface area contributed by atoms with Crippen LogP contribution in [0.1, 0.15) is 102 Å². The number of carbonyl (C=O) groups is 4. The number of amides is 4. The summed E-state index contributed by atoms with van der Waals surface area (Å²) in [6.07, 6.45) is 9.98. The molecule has 3 aromatic rings. The zero-order valence-electron chi connectivity index (χ0n) is 33.8. The Hall–Kier alpha value is -4.76. The summed E-state index contributed by atoms with van der Waals surface area (Å²) >= 11 is 0.